The molecule has 1 heterocycles. The number of ether oxygens (including phenoxy) is 1. The number of nitrogens with one attached hydrogen (secondary N) is 1. The second kappa shape index (κ2) is 10.7. The Balaban J connectivity index is 1.82. The molecule has 1 aliphatic rings. The van der Waals surface area contributed by atoms with Gasteiger partial charge in [0, 0.05) is 44.7 Å². The zero-order chi connectivity index (χ0) is 24.8. The van der Waals surface area contributed by atoms with Crippen molar-refractivity contribution in [2.45, 2.75) is 19.4 Å². The van der Waals surface area contributed by atoms with Crippen LogP contribution in [-0.4, -0.2) is 60.9 Å². The molecule has 0 saturated carbocycles. The van der Waals surface area contributed by atoms with E-state index >= 15 is 0 Å². The summed E-state index contributed by atoms with van der Waals surface area (Å²) in [6, 6.07) is 8.62. The number of piperazine rings is 1. The monoisotopic (exact) mass is 472 g/mol. The van der Waals surface area contributed by atoms with Crippen LogP contribution in [0.5, 0.6) is 0 Å². The lowest BCUT2D eigenvalue weighted by atomic mass is 10.0. The number of anilines is 1. The molecule has 0 aromatic heterocycles. The van der Waals surface area contributed by atoms with Crippen molar-refractivity contribution in [1.82, 2.24) is 10.2 Å². The number of methoxy groups -OCH3 is 1. The van der Waals surface area contributed by atoms with E-state index in [1.165, 1.54) is 56.5 Å². The fraction of sp³-hybridized carbons (Fsp3) is 0.348. The van der Waals surface area contributed by atoms with Crippen LogP contribution in [0.3, 0.4) is 0 Å². The molecule has 0 aliphatic carbocycles. The fourth-order valence-corrected chi connectivity index (χ4v) is 3.78. The molecular weight excluding hydrogens is 447 g/mol. The number of carbonyl (C=O) groups is 3. The van der Waals surface area contributed by atoms with Gasteiger partial charge in [0.15, 0.2) is 0 Å². The number of hydrogen-bond acceptors (Lipinski definition) is 7. The molecule has 1 aliphatic heterocycles. The molecule has 10 nitrogen and oxygen atoms in total. The van der Waals surface area contributed by atoms with Crippen LogP contribution < -0.4 is 10.2 Å². The first-order chi connectivity index (χ1) is 16.2. The number of hydrogen-bond donors (Lipinski definition) is 1. The topological polar surface area (TPSA) is 122 Å². The third kappa shape index (κ3) is 5.85. The number of amides is 2. The summed E-state index contributed by atoms with van der Waals surface area (Å²) in [7, 11) is 1.21. The van der Waals surface area contributed by atoms with Crippen molar-refractivity contribution in [1.29, 1.82) is 0 Å². The second-order valence-corrected chi connectivity index (χ2v) is 7.81. The molecule has 2 aromatic rings. The van der Waals surface area contributed by atoms with Crippen molar-refractivity contribution in [3.8, 4) is 0 Å². The molecule has 1 fully saturated rings. The Kier molecular flexibility index (Phi) is 7.77. The fourth-order valence-electron chi connectivity index (χ4n) is 3.78. The molecule has 2 aromatic carbocycles. The first kappa shape index (κ1) is 24.6. The van der Waals surface area contributed by atoms with Gasteiger partial charge in [-0.15, -0.1) is 0 Å². The summed E-state index contributed by atoms with van der Waals surface area (Å²) in [5.41, 5.74) is 0.633. The van der Waals surface area contributed by atoms with Crippen molar-refractivity contribution < 1.29 is 28.4 Å². The van der Waals surface area contributed by atoms with Crippen molar-refractivity contribution in [2.75, 3.05) is 38.2 Å². The Morgan fingerprint density at radius 1 is 1.12 bits per heavy atom. The lowest BCUT2D eigenvalue weighted by Gasteiger charge is -2.35. The minimum Gasteiger partial charge on any atom is -0.469 e. The van der Waals surface area contributed by atoms with E-state index in [1.807, 2.05) is 0 Å². The maximum atomic E-state index is 13.3. The summed E-state index contributed by atoms with van der Waals surface area (Å²) in [4.78, 5) is 51.0. The first-order valence-corrected chi connectivity index (χ1v) is 10.6. The van der Waals surface area contributed by atoms with Gasteiger partial charge in [0.25, 0.3) is 11.6 Å². The van der Waals surface area contributed by atoms with E-state index in [-0.39, 0.29) is 23.6 Å². The molecule has 0 bridgehead atoms. The van der Waals surface area contributed by atoms with Gasteiger partial charge in [-0.05, 0) is 29.8 Å². The van der Waals surface area contributed by atoms with E-state index in [1.54, 1.807) is 9.80 Å². The number of carbonyl (C=O) groups excluding carboxylic acids is 3. The zero-order valence-corrected chi connectivity index (χ0v) is 18.8. The predicted octanol–water partition coefficient (Wildman–Crippen LogP) is 2.44. The lowest BCUT2D eigenvalue weighted by molar-refractivity contribution is -0.384. The normalized spacial score (nSPS) is 14.3. The van der Waals surface area contributed by atoms with Crippen molar-refractivity contribution >= 4 is 29.2 Å². The van der Waals surface area contributed by atoms with E-state index < -0.39 is 28.7 Å². The second-order valence-electron chi connectivity index (χ2n) is 7.81. The largest absolute Gasteiger partial charge is 0.469 e. The van der Waals surface area contributed by atoms with E-state index in [0.717, 1.165) is 0 Å². The minimum absolute atomic E-state index is 0.0369. The molecular formula is C23H25FN4O6. The summed E-state index contributed by atoms with van der Waals surface area (Å²) < 4.78 is 18.0. The average Bonchev–Trinajstić information content (AvgIpc) is 2.83. The number of rotatable bonds is 7. The lowest BCUT2D eigenvalue weighted by Crippen LogP contribution is -2.48. The third-order valence-corrected chi connectivity index (χ3v) is 5.68. The maximum absolute atomic E-state index is 13.3. The van der Waals surface area contributed by atoms with Gasteiger partial charge in [0.1, 0.15) is 11.5 Å². The smallest absolute Gasteiger partial charge is 0.307 e. The van der Waals surface area contributed by atoms with Gasteiger partial charge in [-0.1, -0.05) is 12.1 Å². The standard InChI is InChI=1S/C23H25FN4O6/c1-15(29)26-9-11-27(12-10-26)20-8-5-17(13-21(20)28(32)33)23(31)25-19(14-22(30)34-2)16-3-6-18(24)7-4-16/h3-8,13,19H,9-12,14H2,1-2H3,(H,25,31). The van der Waals surface area contributed by atoms with Crippen molar-refractivity contribution in [2.24, 2.45) is 0 Å². The minimum atomic E-state index is -0.820. The van der Waals surface area contributed by atoms with Crippen molar-refractivity contribution in [3.05, 3.63) is 69.5 Å². The Morgan fingerprint density at radius 3 is 2.32 bits per heavy atom. The highest BCUT2D eigenvalue weighted by molar-refractivity contribution is 5.96. The third-order valence-electron chi connectivity index (χ3n) is 5.68. The Morgan fingerprint density at radius 2 is 1.76 bits per heavy atom. The van der Waals surface area contributed by atoms with Crippen LogP contribution in [0.1, 0.15) is 35.3 Å². The zero-order valence-electron chi connectivity index (χ0n) is 18.8. The molecule has 0 spiro atoms. The summed E-state index contributed by atoms with van der Waals surface area (Å²) in [6.45, 7) is 3.23. The van der Waals surface area contributed by atoms with E-state index in [2.05, 4.69) is 10.1 Å². The number of esters is 1. The van der Waals surface area contributed by atoms with Gasteiger partial charge in [0.05, 0.1) is 24.5 Å². The van der Waals surface area contributed by atoms with Gasteiger partial charge >= 0.3 is 5.97 Å². The van der Waals surface area contributed by atoms with Crippen LogP contribution in [0.15, 0.2) is 42.5 Å². The van der Waals surface area contributed by atoms with Crippen LogP contribution >= 0.6 is 0 Å². The summed E-state index contributed by atoms with van der Waals surface area (Å²) in [6.07, 6.45) is -0.200. The van der Waals surface area contributed by atoms with E-state index in [0.29, 0.717) is 37.4 Å². The van der Waals surface area contributed by atoms with Gasteiger partial charge in [-0.25, -0.2) is 4.39 Å². The van der Waals surface area contributed by atoms with Gasteiger partial charge in [-0.2, -0.15) is 0 Å². The molecule has 0 radical (unpaired) electrons. The number of benzene rings is 2. The first-order valence-electron chi connectivity index (χ1n) is 10.6. The molecule has 3 rings (SSSR count). The number of nitro groups is 1. The predicted molar refractivity (Wildman–Crippen MR) is 121 cm³/mol. The Hall–Kier alpha value is -4.02. The number of nitrogens with zero attached hydrogens (tertiary/aromatic N) is 3. The highest BCUT2D eigenvalue weighted by Crippen LogP contribution is 2.30. The Labute approximate surface area is 195 Å². The summed E-state index contributed by atoms with van der Waals surface area (Å²) in [5, 5.41) is 14.4. The molecule has 2 amide bonds. The SMILES string of the molecule is COC(=O)CC(NC(=O)c1ccc(N2CCN(C(C)=O)CC2)c([N+](=O)[O-])c1)c1ccc(F)cc1. The maximum Gasteiger partial charge on any atom is 0.307 e. The average molecular weight is 472 g/mol. The quantitative estimate of drug-likeness (QED) is 0.373. The van der Waals surface area contributed by atoms with Gasteiger partial charge in [-0.3, -0.25) is 24.5 Å². The molecule has 1 saturated heterocycles. The molecule has 34 heavy (non-hydrogen) atoms. The van der Waals surface area contributed by atoms with E-state index in [9.17, 15) is 28.9 Å². The van der Waals surface area contributed by atoms with Crippen LogP contribution in [0.4, 0.5) is 15.8 Å². The molecule has 1 N–H and O–H groups in total. The van der Waals surface area contributed by atoms with Crippen molar-refractivity contribution in [3.63, 3.8) is 0 Å². The van der Waals surface area contributed by atoms with Crippen LogP contribution in [0, 0.1) is 15.9 Å². The molecule has 11 heteroatoms. The van der Waals surface area contributed by atoms with Gasteiger partial charge in [0.2, 0.25) is 5.91 Å². The summed E-state index contributed by atoms with van der Waals surface area (Å²) >= 11 is 0. The highest BCUT2D eigenvalue weighted by atomic mass is 19.1. The van der Waals surface area contributed by atoms with E-state index in [4.69, 9.17) is 0 Å². The molecule has 1 unspecified atom stereocenters. The number of halogens is 1. The number of nitro benzene ring substituents is 1. The van der Waals surface area contributed by atoms with Crippen LogP contribution in [0.25, 0.3) is 0 Å². The van der Waals surface area contributed by atoms with Gasteiger partial charge < -0.3 is 19.9 Å². The van der Waals surface area contributed by atoms with Crippen LogP contribution in [0.2, 0.25) is 0 Å². The summed E-state index contributed by atoms with van der Waals surface area (Å²) in [5.74, 6) is -1.74. The van der Waals surface area contributed by atoms with Crippen LogP contribution in [-0.2, 0) is 14.3 Å². The Bertz CT molecular complexity index is 1080. The molecule has 1 atom stereocenters. The highest BCUT2D eigenvalue weighted by Gasteiger charge is 2.27. The molecule has 180 valence electrons.